The van der Waals surface area contributed by atoms with Crippen LogP contribution in [0.1, 0.15) is 44.9 Å². The van der Waals surface area contributed by atoms with Gasteiger partial charge in [0.2, 0.25) is 5.91 Å². The summed E-state index contributed by atoms with van der Waals surface area (Å²) in [6.07, 6.45) is 7.43. The first-order valence-corrected chi connectivity index (χ1v) is 10.2. The Morgan fingerprint density at radius 2 is 1.61 bits per heavy atom. The molecule has 1 fully saturated rings. The summed E-state index contributed by atoms with van der Waals surface area (Å²) < 4.78 is 28.2. The minimum Gasteiger partial charge on any atom is -0.326 e. The smallest absolute Gasteiger partial charge is 0.224 e. The lowest BCUT2D eigenvalue weighted by Crippen LogP contribution is -2.25. The number of carbonyl (C=O) groups is 1. The van der Waals surface area contributed by atoms with Gasteiger partial charge in [-0.1, -0.05) is 31.0 Å². The summed E-state index contributed by atoms with van der Waals surface area (Å²) in [5.41, 5.74) is 0.801. The molecule has 0 spiro atoms. The highest BCUT2D eigenvalue weighted by Crippen LogP contribution is 2.27. The van der Waals surface area contributed by atoms with Crippen molar-refractivity contribution in [3.63, 3.8) is 0 Å². The monoisotopic (exact) mass is 386 g/mol. The van der Waals surface area contributed by atoms with Gasteiger partial charge >= 0.3 is 0 Å². The molecule has 0 unspecified atom stereocenters. The van der Waals surface area contributed by atoms with Crippen molar-refractivity contribution in [1.29, 1.82) is 0 Å². The van der Waals surface area contributed by atoms with Crippen molar-refractivity contribution in [2.75, 3.05) is 25.0 Å². The second-order valence-electron chi connectivity index (χ2n) is 7.44. The van der Waals surface area contributed by atoms with E-state index in [0.29, 0.717) is 12.1 Å². The summed E-state index contributed by atoms with van der Waals surface area (Å²) in [6, 6.07) is 10.4. The summed E-state index contributed by atoms with van der Waals surface area (Å²) in [7, 11) is 0. The molecule has 0 aliphatic carbocycles. The van der Waals surface area contributed by atoms with Crippen LogP contribution in [0.25, 0.3) is 11.1 Å². The molecule has 2 aromatic carbocycles. The van der Waals surface area contributed by atoms with E-state index in [-0.39, 0.29) is 17.0 Å². The normalized spacial score (nSPS) is 15.2. The van der Waals surface area contributed by atoms with Crippen LogP contribution in [0.5, 0.6) is 0 Å². The molecule has 5 heteroatoms. The van der Waals surface area contributed by atoms with E-state index in [2.05, 4.69) is 10.2 Å². The summed E-state index contributed by atoms with van der Waals surface area (Å²) in [4.78, 5) is 14.6. The zero-order valence-electron chi connectivity index (χ0n) is 16.2. The van der Waals surface area contributed by atoms with Crippen LogP contribution in [-0.2, 0) is 4.79 Å². The number of carbonyl (C=O) groups excluding carboxylic acids is 1. The number of hydrogen-bond acceptors (Lipinski definition) is 2. The molecule has 0 aromatic heterocycles. The fraction of sp³-hybridized carbons (Fsp3) is 0.435. The first-order valence-electron chi connectivity index (χ1n) is 10.2. The molecular weight excluding hydrogens is 358 g/mol. The molecule has 0 bridgehead atoms. The highest BCUT2D eigenvalue weighted by atomic mass is 19.1. The molecule has 0 saturated carbocycles. The average molecular weight is 386 g/mol. The Bertz CT molecular complexity index is 786. The van der Waals surface area contributed by atoms with Crippen LogP contribution in [0, 0.1) is 11.6 Å². The summed E-state index contributed by atoms with van der Waals surface area (Å²) in [5, 5.41) is 2.74. The molecule has 1 aliphatic heterocycles. The van der Waals surface area contributed by atoms with E-state index in [1.54, 1.807) is 18.2 Å². The number of benzene rings is 2. The highest BCUT2D eigenvalue weighted by molar-refractivity contribution is 5.91. The number of anilines is 1. The van der Waals surface area contributed by atoms with Gasteiger partial charge in [0, 0.05) is 23.2 Å². The van der Waals surface area contributed by atoms with Crippen LogP contribution in [0.4, 0.5) is 14.5 Å². The Balaban J connectivity index is 1.46. The summed E-state index contributed by atoms with van der Waals surface area (Å²) in [6.45, 7) is 3.37. The first kappa shape index (κ1) is 20.5. The van der Waals surface area contributed by atoms with Crippen LogP contribution in [0.15, 0.2) is 42.5 Å². The second-order valence-corrected chi connectivity index (χ2v) is 7.44. The molecule has 150 valence electrons. The van der Waals surface area contributed by atoms with Gasteiger partial charge in [0.1, 0.15) is 11.6 Å². The fourth-order valence-corrected chi connectivity index (χ4v) is 3.70. The predicted molar refractivity (Wildman–Crippen MR) is 109 cm³/mol. The number of unbranched alkanes of at least 4 members (excludes halogenated alkanes) is 1. The minimum absolute atomic E-state index is 0.117. The number of halogens is 2. The van der Waals surface area contributed by atoms with Crippen molar-refractivity contribution in [2.45, 2.75) is 44.9 Å². The minimum atomic E-state index is -0.552. The van der Waals surface area contributed by atoms with Crippen molar-refractivity contribution in [3.8, 4) is 11.1 Å². The lowest BCUT2D eigenvalue weighted by molar-refractivity contribution is -0.116. The molecule has 0 radical (unpaired) electrons. The van der Waals surface area contributed by atoms with Crippen LogP contribution in [0.2, 0.25) is 0 Å². The Labute approximate surface area is 165 Å². The zero-order chi connectivity index (χ0) is 19.8. The highest BCUT2D eigenvalue weighted by Gasteiger charge is 2.12. The maximum absolute atomic E-state index is 14.4. The lowest BCUT2D eigenvalue weighted by atomic mass is 10.0. The number of rotatable bonds is 7. The molecule has 1 amide bonds. The summed E-state index contributed by atoms with van der Waals surface area (Å²) >= 11 is 0. The standard InChI is InChI=1S/C23H28F2N2O/c24-21-10-4-3-9-19(21)20-13-12-18(17-22(20)25)26-23(28)11-5-8-16-27-14-6-1-2-7-15-27/h3-4,9-10,12-13,17H,1-2,5-8,11,14-16H2,(H,26,28). The van der Waals surface area contributed by atoms with Gasteiger partial charge in [-0.3, -0.25) is 4.79 Å². The van der Waals surface area contributed by atoms with E-state index in [4.69, 9.17) is 0 Å². The van der Waals surface area contributed by atoms with E-state index in [1.165, 1.54) is 63.0 Å². The third-order valence-corrected chi connectivity index (χ3v) is 5.24. The number of nitrogens with one attached hydrogen (secondary N) is 1. The maximum Gasteiger partial charge on any atom is 0.224 e. The van der Waals surface area contributed by atoms with Crippen LogP contribution in [0.3, 0.4) is 0 Å². The van der Waals surface area contributed by atoms with Crippen LogP contribution >= 0.6 is 0 Å². The van der Waals surface area contributed by atoms with E-state index in [0.717, 1.165) is 19.4 Å². The van der Waals surface area contributed by atoms with Crippen molar-refractivity contribution in [2.24, 2.45) is 0 Å². The lowest BCUT2D eigenvalue weighted by Gasteiger charge is -2.19. The fourth-order valence-electron chi connectivity index (χ4n) is 3.70. The van der Waals surface area contributed by atoms with E-state index >= 15 is 0 Å². The SMILES string of the molecule is O=C(CCCCN1CCCCCC1)Nc1ccc(-c2ccccc2F)c(F)c1. The van der Waals surface area contributed by atoms with Gasteiger partial charge in [-0.25, -0.2) is 8.78 Å². The first-order chi connectivity index (χ1) is 13.6. The van der Waals surface area contributed by atoms with E-state index in [9.17, 15) is 13.6 Å². The Morgan fingerprint density at radius 3 is 2.32 bits per heavy atom. The zero-order valence-corrected chi connectivity index (χ0v) is 16.2. The average Bonchev–Trinajstić information content (AvgIpc) is 2.95. The molecule has 3 nitrogen and oxygen atoms in total. The van der Waals surface area contributed by atoms with Gasteiger partial charge in [-0.15, -0.1) is 0 Å². The molecule has 1 N–H and O–H groups in total. The number of amides is 1. The molecule has 1 aliphatic rings. The molecule has 1 heterocycles. The molecule has 28 heavy (non-hydrogen) atoms. The van der Waals surface area contributed by atoms with Crippen LogP contribution in [-0.4, -0.2) is 30.4 Å². The molecule has 2 aromatic rings. The predicted octanol–water partition coefficient (Wildman–Crippen LogP) is 5.62. The Morgan fingerprint density at radius 1 is 0.893 bits per heavy atom. The van der Waals surface area contributed by atoms with Crippen molar-refractivity contribution in [1.82, 2.24) is 4.90 Å². The molecule has 0 atom stereocenters. The van der Waals surface area contributed by atoms with Crippen molar-refractivity contribution in [3.05, 3.63) is 54.1 Å². The summed E-state index contributed by atoms with van der Waals surface area (Å²) in [5.74, 6) is -1.14. The quantitative estimate of drug-likeness (QED) is 0.627. The van der Waals surface area contributed by atoms with Gasteiger partial charge in [0.05, 0.1) is 0 Å². The van der Waals surface area contributed by atoms with Gasteiger partial charge in [-0.05, 0) is 69.6 Å². The van der Waals surface area contributed by atoms with Crippen LogP contribution < -0.4 is 5.32 Å². The number of likely N-dealkylation sites (tertiary alicyclic amines) is 1. The van der Waals surface area contributed by atoms with Gasteiger partial charge in [0.15, 0.2) is 0 Å². The van der Waals surface area contributed by atoms with Gasteiger partial charge in [0.25, 0.3) is 0 Å². The second kappa shape index (κ2) is 10.3. The third kappa shape index (κ3) is 5.86. The number of hydrogen-bond donors (Lipinski definition) is 1. The topological polar surface area (TPSA) is 32.3 Å². The Kier molecular flexibility index (Phi) is 7.54. The molecular formula is C23H28F2N2O. The molecule has 3 rings (SSSR count). The maximum atomic E-state index is 14.4. The van der Waals surface area contributed by atoms with E-state index in [1.807, 2.05) is 0 Å². The van der Waals surface area contributed by atoms with Gasteiger partial charge in [-0.2, -0.15) is 0 Å². The van der Waals surface area contributed by atoms with Crippen molar-refractivity contribution >= 4 is 11.6 Å². The number of nitrogens with zero attached hydrogens (tertiary/aromatic N) is 1. The Hall–Kier alpha value is -2.27. The largest absolute Gasteiger partial charge is 0.326 e. The third-order valence-electron chi connectivity index (χ3n) is 5.24. The van der Waals surface area contributed by atoms with Gasteiger partial charge < -0.3 is 10.2 Å². The van der Waals surface area contributed by atoms with E-state index < -0.39 is 11.6 Å². The van der Waals surface area contributed by atoms with Crippen molar-refractivity contribution < 1.29 is 13.6 Å². The molecule has 1 saturated heterocycles.